The minimum absolute atomic E-state index is 0.0393. The number of rotatable bonds is 13. The Kier molecular flexibility index (Phi) is 15.0. The molecule has 0 radical (unpaired) electrons. The molecule has 1 aromatic rings. The lowest BCUT2D eigenvalue weighted by molar-refractivity contribution is -0.122. The first-order valence-electron chi connectivity index (χ1n) is 9.13. The van der Waals surface area contributed by atoms with Gasteiger partial charge in [0, 0.05) is 18.7 Å². The molecule has 1 rings (SSSR count). The molecule has 8 heteroatoms. The molecular formula is C19H33N3O5. The van der Waals surface area contributed by atoms with Crippen LogP contribution in [0.3, 0.4) is 0 Å². The van der Waals surface area contributed by atoms with Crippen molar-refractivity contribution in [3.05, 3.63) is 29.8 Å². The van der Waals surface area contributed by atoms with Gasteiger partial charge in [-0.2, -0.15) is 0 Å². The highest BCUT2D eigenvalue weighted by molar-refractivity contribution is 5.94. The molecule has 0 aliphatic rings. The number of ketones is 1. The van der Waals surface area contributed by atoms with Crippen LogP contribution in [0.25, 0.3) is 0 Å². The van der Waals surface area contributed by atoms with Crippen LogP contribution in [0.5, 0.6) is 5.75 Å². The SMILES string of the molecule is CC.CNCCNC(=O)c1cccc(OCC(N)OCCOCC(C)=O)c1. The van der Waals surface area contributed by atoms with E-state index in [0.29, 0.717) is 24.4 Å². The number of Topliss-reactive ketones (excluding diaryl/α,β-unsaturated/α-hetero) is 1. The number of hydrogen-bond donors (Lipinski definition) is 3. The van der Waals surface area contributed by atoms with E-state index in [1.807, 2.05) is 20.9 Å². The van der Waals surface area contributed by atoms with Gasteiger partial charge in [0.15, 0.2) is 5.78 Å². The highest BCUT2D eigenvalue weighted by Crippen LogP contribution is 2.13. The number of ether oxygens (including phenoxy) is 3. The van der Waals surface area contributed by atoms with Gasteiger partial charge in [-0.1, -0.05) is 19.9 Å². The summed E-state index contributed by atoms with van der Waals surface area (Å²) in [5, 5.41) is 5.75. The molecule has 0 bridgehead atoms. The van der Waals surface area contributed by atoms with E-state index in [1.165, 1.54) is 6.92 Å². The zero-order valence-electron chi connectivity index (χ0n) is 16.7. The molecule has 1 atom stereocenters. The fourth-order valence-electron chi connectivity index (χ4n) is 1.83. The van der Waals surface area contributed by atoms with Gasteiger partial charge in [-0.3, -0.25) is 9.59 Å². The number of carbonyl (C=O) groups excluding carboxylic acids is 2. The average molecular weight is 383 g/mol. The summed E-state index contributed by atoms with van der Waals surface area (Å²) in [4.78, 5) is 22.7. The summed E-state index contributed by atoms with van der Waals surface area (Å²) >= 11 is 0. The fraction of sp³-hybridized carbons (Fsp3) is 0.579. The summed E-state index contributed by atoms with van der Waals surface area (Å²) in [6, 6.07) is 6.85. The zero-order chi connectivity index (χ0) is 20.5. The van der Waals surface area contributed by atoms with Crippen molar-refractivity contribution in [1.29, 1.82) is 0 Å². The summed E-state index contributed by atoms with van der Waals surface area (Å²) in [5.41, 5.74) is 6.30. The Hall–Kier alpha value is -2.00. The van der Waals surface area contributed by atoms with Gasteiger partial charge in [0.2, 0.25) is 0 Å². The number of benzene rings is 1. The average Bonchev–Trinajstić information content (AvgIpc) is 2.67. The van der Waals surface area contributed by atoms with E-state index < -0.39 is 6.23 Å². The van der Waals surface area contributed by atoms with E-state index in [2.05, 4.69) is 10.6 Å². The van der Waals surface area contributed by atoms with Gasteiger partial charge in [0.05, 0.1) is 13.2 Å². The molecule has 0 aromatic heterocycles. The summed E-state index contributed by atoms with van der Waals surface area (Å²) in [6.45, 7) is 7.46. The predicted octanol–water partition coefficient (Wildman–Crippen LogP) is 0.948. The molecule has 0 aliphatic heterocycles. The number of carbonyl (C=O) groups is 2. The van der Waals surface area contributed by atoms with Crippen molar-refractivity contribution in [3.63, 3.8) is 0 Å². The maximum Gasteiger partial charge on any atom is 0.251 e. The quantitative estimate of drug-likeness (QED) is 0.343. The van der Waals surface area contributed by atoms with Gasteiger partial charge in [-0.15, -0.1) is 0 Å². The lowest BCUT2D eigenvalue weighted by atomic mass is 10.2. The van der Waals surface area contributed by atoms with Crippen LogP contribution in [-0.4, -0.2) is 64.5 Å². The van der Waals surface area contributed by atoms with Crippen molar-refractivity contribution in [3.8, 4) is 5.75 Å². The predicted molar refractivity (Wildman–Crippen MR) is 105 cm³/mol. The molecule has 0 fully saturated rings. The third-order valence-electron chi connectivity index (χ3n) is 3.04. The smallest absolute Gasteiger partial charge is 0.251 e. The van der Waals surface area contributed by atoms with Crippen molar-refractivity contribution in [2.24, 2.45) is 5.73 Å². The lowest BCUT2D eigenvalue weighted by Crippen LogP contribution is -2.32. The third-order valence-corrected chi connectivity index (χ3v) is 3.04. The minimum Gasteiger partial charge on any atom is -0.489 e. The molecule has 1 amide bonds. The van der Waals surface area contributed by atoms with Gasteiger partial charge < -0.3 is 30.6 Å². The second kappa shape index (κ2) is 16.2. The van der Waals surface area contributed by atoms with Gasteiger partial charge in [0.1, 0.15) is 25.2 Å². The van der Waals surface area contributed by atoms with Crippen molar-refractivity contribution < 1.29 is 23.8 Å². The minimum atomic E-state index is -0.631. The molecule has 0 saturated carbocycles. The molecule has 0 aliphatic carbocycles. The van der Waals surface area contributed by atoms with Gasteiger partial charge in [-0.25, -0.2) is 0 Å². The molecule has 1 aromatic carbocycles. The van der Waals surface area contributed by atoms with Crippen LogP contribution in [-0.2, 0) is 14.3 Å². The molecule has 8 nitrogen and oxygen atoms in total. The third kappa shape index (κ3) is 12.9. The van der Waals surface area contributed by atoms with Gasteiger partial charge in [0.25, 0.3) is 5.91 Å². The van der Waals surface area contributed by atoms with Crippen LogP contribution in [0, 0.1) is 0 Å². The van der Waals surface area contributed by atoms with Crippen LogP contribution < -0.4 is 21.1 Å². The molecule has 27 heavy (non-hydrogen) atoms. The van der Waals surface area contributed by atoms with Crippen molar-refractivity contribution in [2.75, 3.05) is 46.6 Å². The summed E-state index contributed by atoms with van der Waals surface area (Å²) in [6.07, 6.45) is -0.631. The van der Waals surface area contributed by atoms with E-state index in [0.717, 1.165) is 0 Å². The van der Waals surface area contributed by atoms with Crippen LogP contribution in [0.2, 0.25) is 0 Å². The molecule has 1 unspecified atom stereocenters. The van der Waals surface area contributed by atoms with Crippen LogP contribution in [0.15, 0.2) is 24.3 Å². The van der Waals surface area contributed by atoms with E-state index in [9.17, 15) is 9.59 Å². The monoisotopic (exact) mass is 383 g/mol. The standard InChI is InChI=1S/C17H27N3O5.C2H6/c1-13(21)11-23-8-9-24-16(18)12-25-15-5-3-4-14(10-15)17(22)20-7-6-19-2;1-2/h3-5,10,16,19H,6-9,11-12,18H2,1-2H3,(H,20,22);1-2H3. The molecule has 4 N–H and O–H groups in total. The number of nitrogens with one attached hydrogen (secondary N) is 2. The van der Waals surface area contributed by atoms with E-state index in [4.69, 9.17) is 19.9 Å². The normalized spacial score (nSPS) is 11.1. The van der Waals surface area contributed by atoms with Gasteiger partial charge >= 0.3 is 0 Å². The first-order chi connectivity index (χ1) is 13.0. The van der Waals surface area contributed by atoms with Crippen molar-refractivity contribution in [1.82, 2.24) is 10.6 Å². The first kappa shape index (κ1) is 25.0. The molecule has 0 spiro atoms. The number of likely N-dealkylation sites (N-methyl/N-ethyl adjacent to an activating group) is 1. The van der Waals surface area contributed by atoms with Crippen molar-refractivity contribution in [2.45, 2.75) is 27.0 Å². The highest BCUT2D eigenvalue weighted by atomic mass is 16.6. The summed E-state index contributed by atoms with van der Waals surface area (Å²) in [7, 11) is 1.82. The van der Waals surface area contributed by atoms with E-state index >= 15 is 0 Å². The van der Waals surface area contributed by atoms with Gasteiger partial charge in [-0.05, 0) is 32.2 Å². The molecule has 154 valence electrons. The fourth-order valence-corrected chi connectivity index (χ4v) is 1.83. The second-order valence-electron chi connectivity index (χ2n) is 5.36. The van der Waals surface area contributed by atoms with Crippen molar-refractivity contribution >= 4 is 11.7 Å². The summed E-state index contributed by atoms with van der Waals surface area (Å²) in [5.74, 6) is 0.333. The maximum absolute atomic E-state index is 12.0. The Balaban J connectivity index is 0.00000326. The Morgan fingerprint density at radius 1 is 1.19 bits per heavy atom. The Bertz CT molecular complexity index is 540. The van der Waals surface area contributed by atoms with Crippen LogP contribution in [0.4, 0.5) is 0 Å². The summed E-state index contributed by atoms with van der Waals surface area (Å²) < 4.78 is 15.9. The molecular weight excluding hydrogens is 350 g/mol. The Morgan fingerprint density at radius 2 is 1.93 bits per heavy atom. The largest absolute Gasteiger partial charge is 0.489 e. The maximum atomic E-state index is 12.0. The Morgan fingerprint density at radius 3 is 2.59 bits per heavy atom. The first-order valence-corrected chi connectivity index (χ1v) is 9.13. The number of hydrogen-bond acceptors (Lipinski definition) is 7. The Labute approximate surface area is 161 Å². The number of amides is 1. The topological polar surface area (TPSA) is 112 Å². The zero-order valence-corrected chi connectivity index (χ0v) is 16.7. The lowest BCUT2D eigenvalue weighted by Gasteiger charge is -2.14. The second-order valence-corrected chi connectivity index (χ2v) is 5.36. The van der Waals surface area contributed by atoms with E-state index in [1.54, 1.807) is 24.3 Å². The molecule has 0 saturated heterocycles. The molecule has 0 heterocycles. The number of nitrogens with two attached hydrogens (primary N) is 1. The van der Waals surface area contributed by atoms with Crippen LogP contribution >= 0.6 is 0 Å². The van der Waals surface area contributed by atoms with E-state index in [-0.39, 0.29) is 38.1 Å². The highest BCUT2D eigenvalue weighted by Gasteiger charge is 2.08. The van der Waals surface area contributed by atoms with Crippen LogP contribution in [0.1, 0.15) is 31.1 Å².